The van der Waals surface area contributed by atoms with E-state index in [4.69, 9.17) is 16.7 Å². The molecule has 1 aromatic rings. The molecular weight excluding hydrogens is 276 g/mol. The summed E-state index contributed by atoms with van der Waals surface area (Å²) in [7, 11) is 0. The number of aromatic nitrogens is 1. The first kappa shape index (κ1) is 13.2. The second-order valence-corrected chi connectivity index (χ2v) is 5.61. The largest absolute Gasteiger partial charge is 0.480 e. The third kappa shape index (κ3) is 2.30. The highest BCUT2D eigenvalue weighted by Gasteiger charge is 2.40. The summed E-state index contributed by atoms with van der Waals surface area (Å²) < 4.78 is 0. The number of hydrogen-bond donors (Lipinski definition) is 1. The Hall–Kier alpha value is -1.27. The van der Waals surface area contributed by atoms with Crippen LogP contribution in [0.4, 0.5) is 0 Å². The van der Waals surface area contributed by atoms with Crippen molar-refractivity contribution < 1.29 is 14.7 Å². The molecular formula is C11H11ClN2O3S. The minimum absolute atomic E-state index is 0.178. The number of carbonyl (C=O) groups is 2. The first-order valence-electron chi connectivity index (χ1n) is 5.29. The molecule has 1 fully saturated rings. The molecule has 0 radical (unpaired) electrons. The Morgan fingerprint density at radius 1 is 1.61 bits per heavy atom. The molecule has 2 rings (SSSR count). The van der Waals surface area contributed by atoms with Gasteiger partial charge in [-0.05, 0) is 13.0 Å². The lowest BCUT2D eigenvalue weighted by Crippen LogP contribution is -2.44. The van der Waals surface area contributed by atoms with Crippen LogP contribution in [0.15, 0.2) is 18.5 Å². The second-order valence-electron chi connectivity index (χ2n) is 3.85. The molecule has 1 aromatic heterocycles. The third-order valence-electron chi connectivity index (χ3n) is 2.75. The number of nitrogens with zero attached hydrogens (tertiary/aromatic N) is 2. The Bertz CT molecular complexity index is 497. The van der Waals surface area contributed by atoms with Crippen LogP contribution in [-0.4, -0.2) is 44.0 Å². The van der Waals surface area contributed by atoms with Gasteiger partial charge in [0.1, 0.15) is 6.04 Å². The van der Waals surface area contributed by atoms with E-state index in [9.17, 15) is 9.59 Å². The molecule has 5 nitrogen and oxygen atoms in total. The van der Waals surface area contributed by atoms with Crippen LogP contribution in [0.2, 0.25) is 5.02 Å². The summed E-state index contributed by atoms with van der Waals surface area (Å²) in [6.45, 7) is 1.81. The highest BCUT2D eigenvalue weighted by atomic mass is 35.5. The van der Waals surface area contributed by atoms with Crippen LogP contribution in [0, 0.1) is 0 Å². The molecule has 18 heavy (non-hydrogen) atoms. The quantitative estimate of drug-likeness (QED) is 0.896. The van der Waals surface area contributed by atoms with Gasteiger partial charge in [0.2, 0.25) is 0 Å². The first-order chi connectivity index (χ1) is 8.52. The van der Waals surface area contributed by atoms with Crippen LogP contribution in [0.1, 0.15) is 17.3 Å². The molecule has 2 heterocycles. The number of amides is 1. The van der Waals surface area contributed by atoms with Crippen molar-refractivity contribution >= 4 is 35.2 Å². The molecule has 1 amide bonds. The topological polar surface area (TPSA) is 70.5 Å². The van der Waals surface area contributed by atoms with E-state index in [0.717, 1.165) is 0 Å². The van der Waals surface area contributed by atoms with Gasteiger partial charge in [-0.2, -0.15) is 0 Å². The Balaban J connectivity index is 2.33. The number of hydrogen-bond acceptors (Lipinski definition) is 4. The smallest absolute Gasteiger partial charge is 0.327 e. The van der Waals surface area contributed by atoms with Crippen molar-refractivity contribution in [3.63, 3.8) is 0 Å². The van der Waals surface area contributed by atoms with Crippen LogP contribution in [-0.2, 0) is 4.79 Å². The molecule has 2 unspecified atom stereocenters. The molecule has 96 valence electrons. The third-order valence-corrected chi connectivity index (χ3v) is 4.26. The molecule has 1 aliphatic rings. The highest BCUT2D eigenvalue weighted by molar-refractivity contribution is 8.00. The van der Waals surface area contributed by atoms with Gasteiger partial charge in [0.15, 0.2) is 0 Å². The van der Waals surface area contributed by atoms with Crippen LogP contribution < -0.4 is 0 Å². The summed E-state index contributed by atoms with van der Waals surface area (Å²) in [4.78, 5) is 28.6. The van der Waals surface area contributed by atoms with Gasteiger partial charge in [-0.1, -0.05) is 11.6 Å². The number of rotatable bonds is 2. The Labute approximate surface area is 113 Å². The zero-order valence-electron chi connectivity index (χ0n) is 9.54. The summed E-state index contributed by atoms with van der Waals surface area (Å²) in [6, 6.07) is 0.695. The Morgan fingerprint density at radius 3 is 2.94 bits per heavy atom. The number of aliphatic carboxylic acids is 1. The van der Waals surface area contributed by atoms with Crippen molar-refractivity contribution in [2.24, 2.45) is 0 Å². The number of carbonyl (C=O) groups excluding carboxylic acids is 1. The molecule has 1 saturated heterocycles. The van der Waals surface area contributed by atoms with Gasteiger partial charge < -0.3 is 10.0 Å². The number of carboxylic acid groups (broad SMARTS) is 1. The van der Waals surface area contributed by atoms with E-state index in [1.54, 1.807) is 6.92 Å². The summed E-state index contributed by atoms with van der Waals surface area (Å²) in [5, 5.41) is 9.17. The van der Waals surface area contributed by atoms with Gasteiger partial charge in [-0.3, -0.25) is 9.78 Å². The monoisotopic (exact) mass is 286 g/mol. The molecule has 0 saturated carbocycles. The lowest BCUT2D eigenvalue weighted by molar-refractivity contribution is -0.141. The second kappa shape index (κ2) is 5.16. The normalized spacial score (nSPS) is 23.1. The van der Waals surface area contributed by atoms with E-state index in [0.29, 0.717) is 5.75 Å². The average Bonchev–Trinajstić information content (AvgIpc) is 2.71. The molecule has 0 aromatic carbocycles. The van der Waals surface area contributed by atoms with Gasteiger partial charge >= 0.3 is 5.97 Å². The fourth-order valence-electron chi connectivity index (χ4n) is 1.83. The fourth-order valence-corrected chi connectivity index (χ4v) is 3.20. The van der Waals surface area contributed by atoms with E-state index in [1.807, 2.05) is 0 Å². The summed E-state index contributed by atoms with van der Waals surface area (Å²) in [5.41, 5.74) is 0.285. The van der Waals surface area contributed by atoms with E-state index in [2.05, 4.69) is 4.98 Å². The maximum atomic E-state index is 12.3. The van der Waals surface area contributed by atoms with Gasteiger partial charge in [0, 0.05) is 18.1 Å². The minimum atomic E-state index is -0.995. The van der Waals surface area contributed by atoms with Crippen molar-refractivity contribution in [2.75, 3.05) is 5.75 Å². The van der Waals surface area contributed by atoms with E-state index >= 15 is 0 Å². The number of pyridine rings is 1. The molecule has 7 heteroatoms. The Morgan fingerprint density at radius 2 is 2.33 bits per heavy atom. The molecule has 2 atom stereocenters. The van der Waals surface area contributed by atoms with Crippen molar-refractivity contribution in [3.05, 3.63) is 29.0 Å². The minimum Gasteiger partial charge on any atom is -0.480 e. The van der Waals surface area contributed by atoms with Crippen molar-refractivity contribution in [1.29, 1.82) is 0 Å². The number of halogens is 1. The van der Waals surface area contributed by atoms with Gasteiger partial charge in [-0.25, -0.2) is 4.79 Å². The van der Waals surface area contributed by atoms with Crippen LogP contribution in [0.25, 0.3) is 0 Å². The summed E-state index contributed by atoms with van der Waals surface area (Å²) in [6.07, 6.45) is 2.83. The molecule has 1 aliphatic heterocycles. The molecule has 0 bridgehead atoms. The average molecular weight is 287 g/mol. The van der Waals surface area contributed by atoms with Crippen molar-refractivity contribution in [1.82, 2.24) is 9.88 Å². The molecule has 0 spiro atoms. The number of thioether (sulfide) groups is 1. The van der Waals surface area contributed by atoms with E-state index < -0.39 is 12.0 Å². The predicted molar refractivity (Wildman–Crippen MR) is 68.8 cm³/mol. The maximum absolute atomic E-state index is 12.3. The highest BCUT2D eigenvalue weighted by Crippen LogP contribution is 2.31. The predicted octanol–water partition coefficient (Wildman–Crippen LogP) is 1.72. The number of carboxylic acids is 1. The lowest BCUT2D eigenvalue weighted by Gasteiger charge is -2.25. The standard InChI is InChI=1S/C11H11ClN2O3S/c1-6-14(9(5-18-6)11(16)17)10(15)7-2-3-13-4-8(7)12/h2-4,6,9H,5H2,1H3,(H,16,17). The fraction of sp³-hybridized carbons (Fsp3) is 0.364. The summed E-state index contributed by atoms with van der Waals surface area (Å²) in [5.74, 6) is -0.969. The lowest BCUT2D eigenvalue weighted by atomic mass is 10.2. The Kier molecular flexibility index (Phi) is 3.77. The molecule has 1 N–H and O–H groups in total. The summed E-state index contributed by atoms with van der Waals surface area (Å²) >= 11 is 7.34. The zero-order chi connectivity index (χ0) is 13.3. The van der Waals surface area contributed by atoms with Gasteiger partial charge in [0.25, 0.3) is 5.91 Å². The van der Waals surface area contributed by atoms with Crippen molar-refractivity contribution in [3.8, 4) is 0 Å². The SMILES string of the molecule is CC1SCC(C(=O)O)N1C(=O)c1ccncc1Cl. The van der Waals surface area contributed by atoms with Gasteiger partial charge in [-0.15, -0.1) is 11.8 Å². The van der Waals surface area contributed by atoms with Crippen LogP contribution >= 0.6 is 23.4 Å². The maximum Gasteiger partial charge on any atom is 0.327 e. The zero-order valence-corrected chi connectivity index (χ0v) is 11.1. The van der Waals surface area contributed by atoms with Crippen molar-refractivity contribution in [2.45, 2.75) is 18.3 Å². The van der Waals surface area contributed by atoms with Crippen LogP contribution in [0.3, 0.4) is 0 Å². The van der Waals surface area contributed by atoms with Crippen LogP contribution in [0.5, 0.6) is 0 Å². The van der Waals surface area contributed by atoms with E-state index in [-0.39, 0.29) is 21.9 Å². The van der Waals surface area contributed by atoms with Gasteiger partial charge in [0.05, 0.1) is 16.0 Å². The molecule has 0 aliphatic carbocycles. The van der Waals surface area contributed by atoms with E-state index in [1.165, 1.54) is 35.1 Å². The first-order valence-corrected chi connectivity index (χ1v) is 6.71.